The van der Waals surface area contributed by atoms with E-state index in [1.165, 1.54) is 26.2 Å². The van der Waals surface area contributed by atoms with E-state index in [-0.39, 0.29) is 4.90 Å². The minimum atomic E-state index is -3.45. The Morgan fingerprint density at radius 3 is 2.40 bits per heavy atom. The standard InChI is InChI=1S/C13H18N2O4S/c1-14(2)20(18,19)11-7-5-10(6-8-11)15-9-3-4-12(15)13(16)17/h5-8,12H,3-4,9H2,1-2H3,(H,16,17). The van der Waals surface area contributed by atoms with Gasteiger partial charge in [0.15, 0.2) is 0 Å². The zero-order chi connectivity index (χ0) is 14.9. The molecular formula is C13H18N2O4S. The molecular weight excluding hydrogens is 280 g/mol. The second-order valence-electron chi connectivity index (χ2n) is 4.97. The predicted octanol–water partition coefficient (Wildman–Crippen LogP) is 0.990. The Morgan fingerprint density at radius 2 is 1.90 bits per heavy atom. The monoisotopic (exact) mass is 298 g/mol. The van der Waals surface area contributed by atoms with Gasteiger partial charge in [0.1, 0.15) is 6.04 Å². The minimum absolute atomic E-state index is 0.206. The Hall–Kier alpha value is -1.60. The molecule has 1 heterocycles. The van der Waals surface area contributed by atoms with Crippen molar-refractivity contribution >= 4 is 21.7 Å². The van der Waals surface area contributed by atoms with Crippen molar-refractivity contribution in [2.45, 2.75) is 23.8 Å². The molecule has 1 unspecified atom stereocenters. The Labute approximate surface area is 118 Å². The summed E-state index contributed by atoms with van der Waals surface area (Å²) in [6.45, 7) is 0.677. The van der Waals surface area contributed by atoms with Gasteiger partial charge in [-0.15, -0.1) is 0 Å². The van der Waals surface area contributed by atoms with Gasteiger partial charge in [-0.05, 0) is 37.1 Å². The zero-order valence-corrected chi connectivity index (χ0v) is 12.3. The minimum Gasteiger partial charge on any atom is -0.480 e. The Balaban J connectivity index is 2.27. The van der Waals surface area contributed by atoms with Crippen molar-refractivity contribution in [3.8, 4) is 0 Å². The number of anilines is 1. The van der Waals surface area contributed by atoms with Crippen LogP contribution in [0.2, 0.25) is 0 Å². The zero-order valence-electron chi connectivity index (χ0n) is 11.5. The van der Waals surface area contributed by atoms with E-state index < -0.39 is 22.0 Å². The first kappa shape index (κ1) is 14.8. The van der Waals surface area contributed by atoms with Crippen LogP contribution in [-0.4, -0.2) is 50.5 Å². The molecule has 20 heavy (non-hydrogen) atoms. The molecule has 1 N–H and O–H groups in total. The van der Waals surface area contributed by atoms with E-state index in [0.29, 0.717) is 13.0 Å². The van der Waals surface area contributed by atoms with Gasteiger partial charge in [-0.1, -0.05) is 0 Å². The Kier molecular flexibility index (Phi) is 4.01. The van der Waals surface area contributed by atoms with Crippen LogP contribution in [0.15, 0.2) is 29.2 Å². The fourth-order valence-corrected chi connectivity index (χ4v) is 3.25. The number of sulfonamides is 1. The summed E-state index contributed by atoms with van der Waals surface area (Å²) in [6, 6.07) is 5.84. The number of carbonyl (C=O) groups is 1. The molecule has 1 aliphatic heterocycles. The summed E-state index contributed by atoms with van der Waals surface area (Å²) in [7, 11) is -0.496. The molecule has 0 radical (unpaired) electrons. The molecule has 0 spiro atoms. The van der Waals surface area contributed by atoms with Gasteiger partial charge in [0.05, 0.1) is 4.90 Å². The summed E-state index contributed by atoms with van der Waals surface area (Å²) < 4.78 is 25.1. The van der Waals surface area contributed by atoms with E-state index in [0.717, 1.165) is 16.4 Å². The average molecular weight is 298 g/mol. The highest BCUT2D eigenvalue weighted by Gasteiger charge is 2.30. The molecule has 1 aromatic carbocycles. The van der Waals surface area contributed by atoms with E-state index in [9.17, 15) is 13.2 Å². The molecule has 0 amide bonds. The summed E-state index contributed by atoms with van der Waals surface area (Å²) >= 11 is 0. The van der Waals surface area contributed by atoms with Gasteiger partial charge in [0.2, 0.25) is 10.0 Å². The highest BCUT2D eigenvalue weighted by Crippen LogP contribution is 2.27. The van der Waals surface area contributed by atoms with Crippen molar-refractivity contribution in [2.75, 3.05) is 25.5 Å². The molecule has 0 aliphatic carbocycles. The van der Waals surface area contributed by atoms with Gasteiger partial charge in [-0.2, -0.15) is 0 Å². The predicted molar refractivity (Wildman–Crippen MR) is 75.3 cm³/mol. The highest BCUT2D eigenvalue weighted by molar-refractivity contribution is 7.89. The van der Waals surface area contributed by atoms with Crippen LogP contribution in [0.25, 0.3) is 0 Å². The number of hydrogen-bond donors (Lipinski definition) is 1. The molecule has 0 bridgehead atoms. The van der Waals surface area contributed by atoms with Crippen molar-refractivity contribution in [1.82, 2.24) is 4.31 Å². The third-order valence-corrected chi connectivity index (χ3v) is 5.31. The number of aliphatic carboxylic acids is 1. The summed E-state index contributed by atoms with van der Waals surface area (Å²) in [4.78, 5) is 13.2. The topological polar surface area (TPSA) is 77.9 Å². The molecule has 7 heteroatoms. The molecule has 1 aromatic rings. The lowest BCUT2D eigenvalue weighted by atomic mass is 10.2. The van der Waals surface area contributed by atoms with E-state index in [4.69, 9.17) is 5.11 Å². The van der Waals surface area contributed by atoms with Gasteiger partial charge in [-0.3, -0.25) is 0 Å². The van der Waals surface area contributed by atoms with Gasteiger partial charge in [0, 0.05) is 26.3 Å². The van der Waals surface area contributed by atoms with Crippen LogP contribution < -0.4 is 4.90 Å². The number of carboxylic acids is 1. The number of hydrogen-bond acceptors (Lipinski definition) is 4. The summed E-state index contributed by atoms with van der Waals surface area (Å²) in [5, 5.41) is 9.16. The maximum atomic E-state index is 12.0. The summed E-state index contributed by atoms with van der Waals surface area (Å²) in [5.41, 5.74) is 0.743. The van der Waals surface area contributed by atoms with Crippen molar-refractivity contribution in [1.29, 1.82) is 0 Å². The summed E-state index contributed by atoms with van der Waals surface area (Å²) in [5.74, 6) is -0.840. The lowest BCUT2D eigenvalue weighted by Gasteiger charge is -2.24. The van der Waals surface area contributed by atoms with Crippen molar-refractivity contribution in [2.24, 2.45) is 0 Å². The molecule has 6 nitrogen and oxygen atoms in total. The van der Waals surface area contributed by atoms with Crippen LogP contribution in [0.1, 0.15) is 12.8 Å². The number of rotatable bonds is 4. The maximum absolute atomic E-state index is 12.0. The number of benzene rings is 1. The first-order chi connectivity index (χ1) is 9.34. The van der Waals surface area contributed by atoms with Crippen LogP contribution in [0.3, 0.4) is 0 Å². The molecule has 1 atom stereocenters. The largest absolute Gasteiger partial charge is 0.480 e. The molecule has 1 fully saturated rings. The smallest absolute Gasteiger partial charge is 0.326 e. The molecule has 2 rings (SSSR count). The van der Waals surface area contributed by atoms with Crippen molar-refractivity contribution in [3.05, 3.63) is 24.3 Å². The second kappa shape index (κ2) is 5.41. The lowest BCUT2D eigenvalue weighted by Crippen LogP contribution is -2.35. The van der Waals surface area contributed by atoms with Gasteiger partial charge in [0.25, 0.3) is 0 Å². The van der Waals surface area contributed by atoms with Crippen LogP contribution in [0, 0.1) is 0 Å². The highest BCUT2D eigenvalue weighted by atomic mass is 32.2. The van der Waals surface area contributed by atoms with E-state index in [1.54, 1.807) is 17.0 Å². The fraction of sp³-hybridized carbons (Fsp3) is 0.462. The van der Waals surface area contributed by atoms with Crippen LogP contribution >= 0.6 is 0 Å². The van der Waals surface area contributed by atoms with E-state index in [2.05, 4.69) is 0 Å². The Morgan fingerprint density at radius 1 is 1.30 bits per heavy atom. The molecule has 110 valence electrons. The molecule has 1 aliphatic rings. The molecule has 0 saturated carbocycles. The summed E-state index contributed by atoms with van der Waals surface area (Å²) in [6.07, 6.45) is 1.45. The third-order valence-electron chi connectivity index (χ3n) is 3.48. The van der Waals surface area contributed by atoms with Crippen molar-refractivity contribution in [3.63, 3.8) is 0 Å². The maximum Gasteiger partial charge on any atom is 0.326 e. The van der Waals surface area contributed by atoms with Gasteiger partial charge in [-0.25, -0.2) is 17.5 Å². The van der Waals surface area contributed by atoms with E-state index >= 15 is 0 Å². The average Bonchev–Trinajstić information content (AvgIpc) is 2.88. The Bertz CT molecular complexity index is 595. The second-order valence-corrected chi connectivity index (χ2v) is 7.12. The SMILES string of the molecule is CN(C)S(=O)(=O)c1ccc(N2CCCC2C(=O)O)cc1. The third kappa shape index (κ3) is 2.64. The van der Waals surface area contributed by atoms with Crippen LogP contribution in [0.5, 0.6) is 0 Å². The quantitative estimate of drug-likeness (QED) is 0.897. The first-order valence-electron chi connectivity index (χ1n) is 6.36. The van der Waals surface area contributed by atoms with E-state index in [1.807, 2.05) is 0 Å². The van der Waals surface area contributed by atoms with Crippen molar-refractivity contribution < 1.29 is 18.3 Å². The molecule has 0 aromatic heterocycles. The number of nitrogens with zero attached hydrogens (tertiary/aromatic N) is 2. The first-order valence-corrected chi connectivity index (χ1v) is 7.80. The van der Waals surface area contributed by atoms with Crippen LogP contribution in [0.4, 0.5) is 5.69 Å². The fourth-order valence-electron chi connectivity index (χ4n) is 2.35. The lowest BCUT2D eigenvalue weighted by molar-refractivity contribution is -0.138. The van der Waals surface area contributed by atoms with Crippen LogP contribution in [-0.2, 0) is 14.8 Å². The number of carboxylic acid groups (broad SMARTS) is 1. The van der Waals surface area contributed by atoms with Gasteiger partial charge >= 0.3 is 5.97 Å². The molecule has 1 saturated heterocycles. The van der Waals surface area contributed by atoms with Gasteiger partial charge < -0.3 is 10.0 Å². The normalized spacial score (nSPS) is 19.6.